The van der Waals surface area contributed by atoms with Crippen molar-refractivity contribution in [2.45, 2.75) is 32.6 Å². The van der Waals surface area contributed by atoms with Crippen molar-refractivity contribution in [3.63, 3.8) is 0 Å². The number of hydrogen-bond acceptors (Lipinski definition) is 6. The third-order valence-electron chi connectivity index (χ3n) is 5.15. The molecule has 7 nitrogen and oxygen atoms in total. The Morgan fingerprint density at radius 3 is 2.54 bits per heavy atom. The van der Waals surface area contributed by atoms with E-state index in [2.05, 4.69) is 17.0 Å². The Balaban J connectivity index is 2.32. The van der Waals surface area contributed by atoms with Crippen LogP contribution in [0.4, 0.5) is 5.82 Å². The van der Waals surface area contributed by atoms with Crippen molar-refractivity contribution in [1.29, 1.82) is 0 Å². The first-order chi connectivity index (χ1) is 13.4. The molecule has 1 aliphatic heterocycles. The average molecular weight is 383 g/mol. The van der Waals surface area contributed by atoms with Gasteiger partial charge in [-0.3, -0.25) is 9.48 Å². The van der Waals surface area contributed by atoms with Gasteiger partial charge in [-0.15, -0.1) is 0 Å². The van der Waals surface area contributed by atoms with Crippen LogP contribution in [0.3, 0.4) is 0 Å². The van der Waals surface area contributed by atoms with Gasteiger partial charge in [0.15, 0.2) is 5.82 Å². The Labute approximate surface area is 164 Å². The van der Waals surface area contributed by atoms with Crippen molar-refractivity contribution in [3.8, 4) is 0 Å². The lowest BCUT2D eigenvalue weighted by atomic mass is 9.74. The minimum Gasteiger partial charge on any atom is -0.468 e. The molecule has 0 spiro atoms. The summed E-state index contributed by atoms with van der Waals surface area (Å²) in [5.41, 5.74) is 3.54. The van der Waals surface area contributed by atoms with Crippen molar-refractivity contribution in [3.05, 3.63) is 46.6 Å². The maximum absolute atomic E-state index is 12.8. The summed E-state index contributed by atoms with van der Waals surface area (Å²) in [6.07, 6.45) is 1.66. The fourth-order valence-corrected chi connectivity index (χ4v) is 3.94. The van der Waals surface area contributed by atoms with Crippen LogP contribution in [0.1, 0.15) is 53.4 Å². The topological polar surface area (TPSA) is 82.8 Å². The molecule has 0 saturated carbocycles. The van der Waals surface area contributed by atoms with Crippen molar-refractivity contribution >= 4 is 23.5 Å². The Hall–Kier alpha value is -2.96. The number of benzene rings is 1. The van der Waals surface area contributed by atoms with Gasteiger partial charge in [-0.05, 0) is 25.0 Å². The molecule has 0 amide bonds. The molecule has 0 saturated heterocycles. The molecule has 0 N–H and O–H groups in total. The molecule has 1 aromatic carbocycles. The average Bonchev–Trinajstić information content (AvgIpc) is 3.01. The summed E-state index contributed by atoms with van der Waals surface area (Å²) in [5, 5.41) is 4.65. The first-order valence-electron chi connectivity index (χ1n) is 9.30. The molecular formula is C21H25N3O4. The molecule has 0 radical (unpaired) electrons. The molecule has 28 heavy (non-hydrogen) atoms. The number of nitrogens with zero attached hydrogens (tertiary/aromatic N) is 3. The maximum atomic E-state index is 12.8. The van der Waals surface area contributed by atoms with Crippen LogP contribution in [0.15, 0.2) is 29.3 Å². The lowest BCUT2D eigenvalue weighted by Gasteiger charge is -2.30. The molecule has 148 valence electrons. The molecule has 3 rings (SSSR count). The van der Waals surface area contributed by atoms with Gasteiger partial charge in [-0.25, -0.2) is 9.79 Å². The molecular weight excluding hydrogens is 358 g/mol. The molecule has 2 heterocycles. The summed E-state index contributed by atoms with van der Waals surface area (Å²) < 4.78 is 11.8. The van der Waals surface area contributed by atoms with Crippen LogP contribution in [0.2, 0.25) is 0 Å². The second kappa shape index (κ2) is 7.96. The second-order valence-electron chi connectivity index (χ2n) is 6.87. The normalized spacial score (nSPS) is 18.2. The molecule has 7 heteroatoms. The molecule has 2 atom stereocenters. The van der Waals surface area contributed by atoms with Gasteiger partial charge in [0.25, 0.3) is 0 Å². The summed E-state index contributed by atoms with van der Waals surface area (Å²) in [5.74, 6) is -1.18. The number of aryl methyl sites for hydroxylation is 2. The SMILES string of the molecule is CCCc1nn(C)c2c1C(c1ccccc1C(=O)OC)C(C(=O)OC)C(C)=N2. The zero-order chi connectivity index (χ0) is 20.4. The van der Waals surface area contributed by atoms with E-state index in [1.165, 1.54) is 14.2 Å². The van der Waals surface area contributed by atoms with E-state index >= 15 is 0 Å². The highest BCUT2D eigenvalue weighted by Crippen LogP contribution is 2.45. The number of methoxy groups -OCH3 is 2. The first-order valence-corrected chi connectivity index (χ1v) is 9.30. The van der Waals surface area contributed by atoms with Crippen LogP contribution in [0, 0.1) is 5.92 Å². The standard InChI is InChI=1S/C21H25N3O4/c1-6-9-15-18-17(13-10-7-8-11-14(13)20(25)27-4)16(21(26)28-5)12(2)22-19(18)24(3)23-15/h7-8,10-11,16-17H,6,9H2,1-5H3. The lowest BCUT2D eigenvalue weighted by molar-refractivity contribution is -0.143. The number of aliphatic imine (C=N–C) groups is 1. The van der Waals surface area contributed by atoms with Crippen molar-refractivity contribution < 1.29 is 19.1 Å². The van der Waals surface area contributed by atoms with E-state index in [4.69, 9.17) is 9.47 Å². The third kappa shape index (κ3) is 3.21. The molecule has 1 aliphatic rings. The van der Waals surface area contributed by atoms with Crippen molar-refractivity contribution in [1.82, 2.24) is 9.78 Å². The predicted octanol–water partition coefficient (Wildman–Crippen LogP) is 3.19. The number of hydrogen-bond donors (Lipinski definition) is 0. The monoisotopic (exact) mass is 383 g/mol. The van der Waals surface area contributed by atoms with Crippen LogP contribution in [-0.4, -0.2) is 41.7 Å². The largest absolute Gasteiger partial charge is 0.468 e. The Morgan fingerprint density at radius 2 is 1.89 bits per heavy atom. The van der Waals surface area contributed by atoms with E-state index in [0.29, 0.717) is 22.7 Å². The van der Waals surface area contributed by atoms with Crippen LogP contribution in [0.25, 0.3) is 0 Å². The van der Waals surface area contributed by atoms with E-state index in [-0.39, 0.29) is 5.97 Å². The van der Waals surface area contributed by atoms with E-state index in [0.717, 1.165) is 24.1 Å². The number of ether oxygens (including phenoxy) is 2. The molecule has 0 fully saturated rings. The summed E-state index contributed by atoms with van der Waals surface area (Å²) in [7, 11) is 4.56. The summed E-state index contributed by atoms with van der Waals surface area (Å²) >= 11 is 0. The summed E-state index contributed by atoms with van der Waals surface area (Å²) in [6.45, 7) is 3.89. The maximum Gasteiger partial charge on any atom is 0.338 e. The van der Waals surface area contributed by atoms with Crippen molar-refractivity contribution in [2.75, 3.05) is 14.2 Å². The van der Waals surface area contributed by atoms with Gasteiger partial charge >= 0.3 is 11.9 Å². The quantitative estimate of drug-likeness (QED) is 0.741. The van der Waals surface area contributed by atoms with Gasteiger partial charge in [0.05, 0.1) is 25.5 Å². The Bertz CT molecular complexity index is 945. The summed E-state index contributed by atoms with van der Waals surface area (Å²) in [6, 6.07) is 7.21. The summed E-state index contributed by atoms with van der Waals surface area (Å²) in [4.78, 5) is 29.9. The van der Waals surface area contributed by atoms with Gasteiger partial charge < -0.3 is 9.47 Å². The van der Waals surface area contributed by atoms with Crippen molar-refractivity contribution in [2.24, 2.45) is 18.0 Å². The van der Waals surface area contributed by atoms with Gasteiger partial charge in [0.1, 0.15) is 5.92 Å². The number of carbonyl (C=O) groups is 2. The predicted molar refractivity (Wildman–Crippen MR) is 105 cm³/mol. The number of aromatic nitrogens is 2. The van der Waals surface area contributed by atoms with Crippen LogP contribution < -0.4 is 0 Å². The molecule has 1 aromatic heterocycles. The smallest absolute Gasteiger partial charge is 0.338 e. The Kier molecular flexibility index (Phi) is 5.63. The number of carbonyl (C=O) groups excluding carboxylic acids is 2. The molecule has 2 aromatic rings. The molecule has 0 aliphatic carbocycles. The first kappa shape index (κ1) is 19.8. The Morgan fingerprint density at radius 1 is 1.18 bits per heavy atom. The molecule has 2 unspecified atom stereocenters. The van der Waals surface area contributed by atoms with E-state index in [1.807, 2.05) is 26.1 Å². The van der Waals surface area contributed by atoms with Gasteiger partial charge in [-0.2, -0.15) is 5.10 Å². The minimum atomic E-state index is -0.636. The highest BCUT2D eigenvalue weighted by Gasteiger charge is 2.42. The van der Waals surface area contributed by atoms with E-state index < -0.39 is 17.8 Å². The highest BCUT2D eigenvalue weighted by molar-refractivity contribution is 6.05. The molecule has 0 bridgehead atoms. The van der Waals surface area contributed by atoms with Gasteiger partial charge in [0, 0.05) is 24.2 Å². The number of rotatable bonds is 5. The van der Waals surface area contributed by atoms with Gasteiger partial charge in [-0.1, -0.05) is 31.5 Å². The van der Waals surface area contributed by atoms with E-state index in [1.54, 1.807) is 16.8 Å². The fourth-order valence-electron chi connectivity index (χ4n) is 3.94. The van der Waals surface area contributed by atoms with Crippen LogP contribution in [0.5, 0.6) is 0 Å². The number of esters is 2. The third-order valence-corrected chi connectivity index (χ3v) is 5.15. The zero-order valence-electron chi connectivity index (χ0n) is 16.9. The van der Waals surface area contributed by atoms with Crippen LogP contribution >= 0.6 is 0 Å². The minimum absolute atomic E-state index is 0.386. The van der Waals surface area contributed by atoms with E-state index in [9.17, 15) is 9.59 Å². The zero-order valence-corrected chi connectivity index (χ0v) is 16.9. The fraction of sp³-hybridized carbons (Fsp3) is 0.429. The second-order valence-corrected chi connectivity index (χ2v) is 6.87. The van der Waals surface area contributed by atoms with Gasteiger partial charge in [0.2, 0.25) is 0 Å². The van der Waals surface area contributed by atoms with Crippen LogP contribution in [-0.2, 0) is 27.7 Å². The number of fused-ring (bicyclic) bond motifs is 1. The highest BCUT2D eigenvalue weighted by atomic mass is 16.5. The lowest BCUT2D eigenvalue weighted by Crippen LogP contribution is -2.34.